The van der Waals surface area contributed by atoms with E-state index in [1.165, 1.54) is 0 Å². The molecular weight excluding hydrogens is 360 g/mol. The molecule has 0 spiro atoms. The van der Waals surface area contributed by atoms with E-state index >= 15 is 0 Å². The standard InChI is InChI=1S/C13H20Br2N2O/c1-3-13(4-2,9-18)8-16-7-12-11(15)5-10(14)6-17-12/h5-6,16,18H,3-4,7-9H2,1-2H3. The number of hydrogen-bond donors (Lipinski definition) is 2. The minimum atomic E-state index is -0.0121. The van der Waals surface area contributed by atoms with Crippen molar-refractivity contribution < 1.29 is 5.11 Å². The van der Waals surface area contributed by atoms with E-state index in [0.29, 0.717) is 6.54 Å². The van der Waals surface area contributed by atoms with Gasteiger partial charge in [0.05, 0.1) is 5.69 Å². The van der Waals surface area contributed by atoms with E-state index in [1.54, 1.807) is 6.20 Å². The Hall–Kier alpha value is 0.0300. The van der Waals surface area contributed by atoms with Gasteiger partial charge >= 0.3 is 0 Å². The van der Waals surface area contributed by atoms with Crippen LogP contribution in [-0.2, 0) is 6.54 Å². The van der Waals surface area contributed by atoms with Crippen molar-refractivity contribution in [3.63, 3.8) is 0 Å². The van der Waals surface area contributed by atoms with E-state index in [2.05, 4.69) is 56.0 Å². The van der Waals surface area contributed by atoms with E-state index in [1.807, 2.05) is 6.07 Å². The molecule has 102 valence electrons. The van der Waals surface area contributed by atoms with Gasteiger partial charge in [-0.1, -0.05) is 13.8 Å². The second kappa shape index (κ2) is 7.58. The lowest BCUT2D eigenvalue weighted by molar-refractivity contribution is 0.113. The molecule has 1 rings (SSSR count). The summed E-state index contributed by atoms with van der Waals surface area (Å²) < 4.78 is 1.96. The van der Waals surface area contributed by atoms with Crippen LogP contribution in [-0.4, -0.2) is 23.2 Å². The Morgan fingerprint density at radius 3 is 2.50 bits per heavy atom. The molecule has 0 bridgehead atoms. The normalized spacial score (nSPS) is 11.8. The number of aromatic nitrogens is 1. The summed E-state index contributed by atoms with van der Waals surface area (Å²) in [5.74, 6) is 0. The molecule has 0 aromatic carbocycles. The zero-order valence-corrected chi connectivity index (χ0v) is 14.0. The molecule has 0 unspecified atom stereocenters. The third kappa shape index (κ3) is 4.30. The van der Waals surface area contributed by atoms with Crippen molar-refractivity contribution in [3.05, 3.63) is 26.9 Å². The highest BCUT2D eigenvalue weighted by atomic mass is 79.9. The molecule has 0 aliphatic carbocycles. The topological polar surface area (TPSA) is 45.1 Å². The number of hydrogen-bond acceptors (Lipinski definition) is 3. The molecule has 0 aliphatic rings. The van der Waals surface area contributed by atoms with Gasteiger partial charge in [0.1, 0.15) is 0 Å². The molecule has 18 heavy (non-hydrogen) atoms. The number of rotatable bonds is 7. The molecule has 1 heterocycles. The van der Waals surface area contributed by atoms with Gasteiger partial charge in [-0.15, -0.1) is 0 Å². The van der Waals surface area contributed by atoms with E-state index < -0.39 is 0 Å². The second-order valence-electron chi connectivity index (χ2n) is 4.55. The molecule has 0 amide bonds. The van der Waals surface area contributed by atoms with Crippen molar-refractivity contribution in [3.8, 4) is 0 Å². The first kappa shape index (κ1) is 16.1. The van der Waals surface area contributed by atoms with Crippen LogP contribution in [0.15, 0.2) is 21.2 Å². The predicted octanol–water partition coefficient (Wildman–Crippen LogP) is 3.49. The summed E-state index contributed by atoms with van der Waals surface area (Å²) in [6.07, 6.45) is 3.74. The molecule has 0 saturated heterocycles. The Balaban J connectivity index is 2.55. The molecule has 0 atom stereocenters. The first-order valence-corrected chi connectivity index (χ1v) is 7.77. The minimum Gasteiger partial charge on any atom is -0.396 e. The fourth-order valence-corrected chi connectivity index (χ4v) is 2.93. The zero-order valence-electron chi connectivity index (χ0n) is 10.8. The summed E-state index contributed by atoms with van der Waals surface area (Å²) >= 11 is 6.88. The van der Waals surface area contributed by atoms with Crippen LogP contribution in [0.5, 0.6) is 0 Å². The maximum Gasteiger partial charge on any atom is 0.0684 e. The highest BCUT2D eigenvalue weighted by Gasteiger charge is 2.24. The van der Waals surface area contributed by atoms with Crippen LogP contribution in [0.1, 0.15) is 32.4 Å². The third-order valence-electron chi connectivity index (χ3n) is 3.51. The number of aliphatic hydroxyl groups is 1. The van der Waals surface area contributed by atoms with Crippen LogP contribution in [0.3, 0.4) is 0 Å². The molecule has 3 nitrogen and oxygen atoms in total. The van der Waals surface area contributed by atoms with Gasteiger partial charge in [-0.2, -0.15) is 0 Å². The second-order valence-corrected chi connectivity index (χ2v) is 6.32. The molecule has 1 aromatic rings. The summed E-state index contributed by atoms with van der Waals surface area (Å²) in [7, 11) is 0. The Morgan fingerprint density at radius 1 is 1.33 bits per heavy atom. The summed E-state index contributed by atoms with van der Waals surface area (Å²) in [6, 6.07) is 1.99. The molecule has 1 aromatic heterocycles. The van der Waals surface area contributed by atoms with E-state index in [-0.39, 0.29) is 12.0 Å². The van der Waals surface area contributed by atoms with Gasteiger partial charge in [-0.3, -0.25) is 4.98 Å². The highest BCUT2D eigenvalue weighted by molar-refractivity contribution is 9.11. The average molecular weight is 380 g/mol. The summed E-state index contributed by atoms with van der Waals surface area (Å²) in [5, 5.41) is 12.9. The van der Waals surface area contributed by atoms with Crippen molar-refractivity contribution in [2.24, 2.45) is 5.41 Å². The van der Waals surface area contributed by atoms with Crippen molar-refractivity contribution >= 4 is 31.9 Å². The van der Waals surface area contributed by atoms with Gasteiger partial charge in [0.2, 0.25) is 0 Å². The van der Waals surface area contributed by atoms with E-state index in [9.17, 15) is 5.11 Å². The van der Waals surface area contributed by atoms with Gasteiger partial charge in [0, 0.05) is 40.3 Å². The van der Waals surface area contributed by atoms with Crippen LogP contribution in [0.4, 0.5) is 0 Å². The first-order valence-electron chi connectivity index (χ1n) is 6.18. The summed E-state index contributed by atoms with van der Waals surface area (Å²) in [5.41, 5.74) is 0.971. The summed E-state index contributed by atoms with van der Waals surface area (Å²) in [6.45, 7) is 5.97. The van der Waals surface area contributed by atoms with Gasteiger partial charge in [0.15, 0.2) is 0 Å². The molecule has 0 saturated carbocycles. The Morgan fingerprint density at radius 2 is 2.00 bits per heavy atom. The average Bonchev–Trinajstić information content (AvgIpc) is 2.38. The number of nitrogens with one attached hydrogen (secondary N) is 1. The molecule has 0 radical (unpaired) electrons. The van der Waals surface area contributed by atoms with Gasteiger partial charge in [0.25, 0.3) is 0 Å². The largest absolute Gasteiger partial charge is 0.396 e. The Bertz CT molecular complexity index is 373. The van der Waals surface area contributed by atoms with Crippen LogP contribution < -0.4 is 5.32 Å². The van der Waals surface area contributed by atoms with Crippen molar-refractivity contribution in [1.82, 2.24) is 10.3 Å². The number of pyridine rings is 1. The Kier molecular flexibility index (Phi) is 6.77. The molecule has 2 N–H and O–H groups in total. The van der Waals surface area contributed by atoms with Gasteiger partial charge in [-0.05, 0) is 50.8 Å². The van der Waals surface area contributed by atoms with Crippen molar-refractivity contribution in [2.45, 2.75) is 33.2 Å². The lowest BCUT2D eigenvalue weighted by Crippen LogP contribution is -2.36. The summed E-state index contributed by atoms with van der Waals surface area (Å²) in [4.78, 5) is 4.36. The van der Waals surface area contributed by atoms with Gasteiger partial charge in [-0.25, -0.2) is 0 Å². The Labute approximate surface area is 126 Å². The van der Waals surface area contributed by atoms with Crippen LogP contribution in [0.2, 0.25) is 0 Å². The van der Waals surface area contributed by atoms with Crippen molar-refractivity contribution in [1.29, 1.82) is 0 Å². The quantitative estimate of drug-likeness (QED) is 0.762. The predicted molar refractivity (Wildman–Crippen MR) is 81.4 cm³/mol. The number of halogens is 2. The minimum absolute atomic E-state index is 0.0121. The first-order chi connectivity index (χ1) is 8.56. The molecule has 0 fully saturated rings. The lowest BCUT2D eigenvalue weighted by Gasteiger charge is -2.29. The fourth-order valence-electron chi connectivity index (χ4n) is 1.80. The molecule has 0 aliphatic heterocycles. The zero-order chi connectivity index (χ0) is 13.6. The van der Waals surface area contributed by atoms with Crippen molar-refractivity contribution in [2.75, 3.05) is 13.2 Å². The highest BCUT2D eigenvalue weighted by Crippen LogP contribution is 2.25. The number of nitrogens with zero attached hydrogens (tertiary/aromatic N) is 1. The van der Waals surface area contributed by atoms with E-state index in [4.69, 9.17) is 0 Å². The van der Waals surface area contributed by atoms with Crippen LogP contribution >= 0.6 is 31.9 Å². The monoisotopic (exact) mass is 378 g/mol. The molecule has 5 heteroatoms. The maximum absolute atomic E-state index is 9.49. The lowest BCUT2D eigenvalue weighted by atomic mass is 9.83. The van der Waals surface area contributed by atoms with E-state index in [0.717, 1.165) is 34.0 Å². The van der Waals surface area contributed by atoms with Crippen LogP contribution in [0, 0.1) is 5.41 Å². The number of aliphatic hydroxyl groups excluding tert-OH is 1. The SMILES string of the molecule is CCC(CC)(CO)CNCc1ncc(Br)cc1Br. The maximum atomic E-state index is 9.49. The fraction of sp³-hybridized carbons (Fsp3) is 0.615. The van der Waals surface area contributed by atoms with Crippen LogP contribution in [0.25, 0.3) is 0 Å². The molecular formula is C13H20Br2N2O. The third-order valence-corrected chi connectivity index (χ3v) is 4.63. The van der Waals surface area contributed by atoms with Gasteiger partial charge < -0.3 is 10.4 Å². The smallest absolute Gasteiger partial charge is 0.0684 e.